The first-order valence-corrected chi connectivity index (χ1v) is 4.20. The Morgan fingerprint density at radius 2 is 2.67 bits per heavy atom. The van der Waals surface area contributed by atoms with E-state index < -0.39 is 0 Å². The summed E-state index contributed by atoms with van der Waals surface area (Å²) in [6.07, 6.45) is -0.297. The van der Waals surface area contributed by atoms with Gasteiger partial charge in [-0.1, -0.05) is 22.6 Å². The van der Waals surface area contributed by atoms with Gasteiger partial charge in [0, 0.05) is 4.43 Å². The van der Waals surface area contributed by atoms with Crippen LogP contribution >= 0.6 is 22.6 Å². The topological polar surface area (TPSA) is 38.3 Å². The molecule has 0 aromatic rings. The number of alkyl halides is 1. The highest BCUT2D eigenvalue weighted by Gasteiger charge is 2.33. The average Bonchev–Trinajstić information content (AvgIpc) is 2.13. The van der Waals surface area contributed by atoms with Crippen LogP contribution in [0.3, 0.4) is 0 Å². The van der Waals surface area contributed by atoms with Gasteiger partial charge in [0.1, 0.15) is 6.61 Å². The van der Waals surface area contributed by atoms with Crippen LogP contribution in [0.5, 0.6) is 0 Å². The molecule has 0 radical (unpaired) electrons. The van der Waals surface area contributed by atoms with E-state index in [2.05, 4.69) is 27.9 Å². The molecule has 1 amide bonds. The molecule has 3 nitrogen and oxygen atoms in total. The standard InChI is InChI=1S/C5H8INO2/c1-5(2-6)3-9-4(8)7-5/h2-3H2,1H3,(H,7,8). The van der Waals surface area contributed by atoms with Gasteiger partial charge in [-0.15, -0.1) is 0 Å². The fourth-order valence-electron chi connectivity index (χ4n) is 0.615. The molecule has 9 heavy (non-hydrogen) atoms. The van der Waals surface area contributed by atoms with Gasteiger partial charge >= 0.3 is 6.09 Å². The van der Waals surface area contributed by atoms with Crippen LogP contribution in [-0.4, -0.2) is 22.7 Å². The molecule has 4 heteroatoms. The number of hydrogen-bond donors (Lipinski definition) is 1. The van der Waals surface area contributed by atoms with Crippen LogP contribution in [0.4, 0.5) is 4.79 Å². The smallest absolute Gasteiger partial charge is 0.407 e. The molecule has 1 fully saturated rings. The Balaban J connectivity index is 2.54. The third kappa shape index (κ3) is 1.47. The van der Waals surface area contributed by atoms with E-state index in [0.717, 1.165) is 4.43 Å². The van der Waals surface area contributed by atoms with E-state index in [1.807, 2.05) is 6.92 Å². The average molecular weight is 241 g/mol. The van der Waals surface area contributed by atoms with Gasteiger partial charge in [0.25, 0.3) is 0 Å². The molecule has 52 valence electrons. The monoisotopic (exact) mass is 241 g/mol. The Kier molecular flexibility index (Phi) is 1.83. The molecule has 0 spiro atoms. The molecular formula is C5H8INO2. The summed E-state index contributed by atoms with van der Waals surface area (Å²) < 4.78 is 5.59. The second-order valence-electron chi connectivity index (χ2n) is 2.40. The van der Waals surface area contributed by atoms with Crippen LogP contribution in [-0.2, 0) is 4.74 Å². The highest BCUT2D eigenvalue weighted by Crippen LogP contribution is 2.14. The SMILES string of the molecule is CC1(CI)COC(=O)N1. The first-order chi connectivity index (χ1) is 4.16. The predicted octanol–water partition coefficient (Wildman–Crippen LogP) is 0.920. The van der Waals surface area contributed by atoms with Crippen molar-refractivity contribution in [1.29, 1.82) is 0 Å². The second-order valence-corrected chi connectivity index (χ2v) is 3.16. The number of ether oxygens (including phenoxy) is 1. The highest BCUT2D eigenvalue weighted by molar-refractivity contribution is 14.1. The van der Waals surface area contributed by atoms with Crippen LogP contribution in [0.1, 0.15) is 6.92 Å². The molecule has 1 saturated heterocycles. The number of nitrogens with one attached hydrogen (secondary N) is 1. The van der Waals surface area contributed by atoms with Crippen molar-refractivity contribution in [2.45, 2.75) is 12.5 Å². The van der Waals surface area contributed by atoms with Gasteiger partial charge in [0.2, 0.25) is 0 Å². The van der Waals surface area contributed by atoms with Crippen molar-refractivity contribution in [3.05, 3.63) is 0 Å². The van der Waals surface area contributed by atoms with Crippen LogP contribution < -0.4 is 5.32 Å². The van der Waals surface area contributed by atoms with E-state index in [-0.39, 0.29) is 11.6 Å². The molecule has 0 bridgehead atoms. The first kappa shape index (κ1) is 7.11. The maximum Gasteiger partial charge on any atom is 0.407 e. The Labute approximate surface area is 67.3 Å². The molecule has 1 atom stereocenters. The summed E-state index contributed by atoms with van der Waals surface area (Å²) >= 11 is 2.22. The number of carbonyl (C=O) groups is 1. The Bertz CT molecular complexity index is 139. The van der Waals surface area contributed by atoms with E-state index in [9.17, 15) is 4.79 Å². The minimum atomic E-state index is -0.297. The van der Waals surface area contributed by atoms with E-state index in [0.29, 0.717) is 6.61 Å². The lowest BCUT2D eigenvalue weighted by atomic mass is 10.1. The van der Waals surface area contributed by atoms with Crippen LogP contribution in [0.15, 0.2) is 0 Å². The van der Waals surface area contributed by atoms with Gasteiger partial charge in [-0.3, -0.25) is 0 Å². The van der Waals surface area contributed by atoms with Crippen LogP contribution in [0.25, 0.3) is 0 Å². The predicted molar refractivity (Wildman–Crippen MR) is 41.8 cm³/mol. The quantitative estimate of drug-likeness (QED) is 0.547. The molecule has 1 aliphatic heterocycles. The first-order valence-electron chi connectivity index (χ1n) is 2.67. The maximum absolute atomic E-state index is 10.5. The molecule has 1 aliphatic rings. The lowest BCUT2D eigenvalue weighted by molar-refractivity contribution is 0.174. The molecule has 0 aliphatic carbocycles. The van der Waals surface area contributed by atoms with Crippen molar-refractivity contribution in [2.75, 3.05) is 11.0 Å². The highest BCUT2D eigenvalue weighted by atomic mass is 127. The Morgan fingerprint density at radius 3 is 2.89 bits per heavy atom. The second kappa shape index (κ2) is 2.32. The molecule has 1 heterocycles. The molecule has 1 rings (SSSR count). The Morgan fingerprint density at radius 1 is 2.00 bits per heavy atom. The van der Waals surface area contributed by atoms with Crippen molar-refractivity contribution >= 4 is 28.7 Å². The number of alkyl carbamates (subject to hydrolysis) is 1. The van der Waals surface area contributed by atoms with Crippen molar-refractivity contribution in [2.24, 2.45) is 0 Å². The summed E-state index contributed by atoms with van der Waals surface area (Å²) in [5.74, 6) is 0. The minimum Gasteiger partial charge on any atom is -0.447 e. The van der Waals surface area contributed by atoms with Crippen molar-refractivity contribution in [1.82, 2.24) is 5.32 Å². The van der Waals surface area contributed by atoms with E-state index in [4.69, 9.17) is 4.74 Å². The fraction of sp³-hybridized carbons (Fsp3) is 0.800. The normalized spacial score (nSPS) is 33.8. The Hall–Kier alpha value is 0. The van der Waals surface area contributed by atoms with Crippen LogP contribution in [0, 0.1) is 0 Å². The molecular weight excluding hydrogens is 233 g/mol. The lowest BCUT2D eigenvalue weighted by Crippen LogP contribution is -2.41. The summed E-state index contributed by atoms with van der Waals surface area (Å²) in [4.78, 5) is 10.5. The van der Waals surface area contributed by atoms with Crippen LogP contribution in [0.2, 0.25) is 0 Å². The van der Waals surface area contributed by atoms with Gasteiger partial charge < -0.3 is 10.1 Å². The lowest BCUT2D eigenvalue weighted by Gasteiger charge is -2.15. The fourth-order valence-corrected chi connectivity index (χ4v) is 1.03. The van der Waals surface area contributed by atoms with Crippen molar-refractivity contribution in [3.63, 3.8) is 0 Å². The number of amides is 1. The third-order valence-electron chi connectivity index (χ3n) is 1.22. The van der Waals surface area contributed by atoms with E-state index in [1.165, 1.54) is 0 Å². The summed E-state index contributed by atoms with van der Waals surface area (Å²) in [7, 11) is 0. The van der Waals surface area contributed by atoms with Gasteiger partial charge in [0.15, 0.2) is 0 Å². The van der Waals surface area contributed by atoms with Gasteiger partial charge in [-0.05, 0) is 6.92 Å². The maximum atomic E-state index is 10.5. The number of carbonyl (C=O) groups excluding carboxylic acids is 1. The number of halogens is 1. The zero-order valence-corrected chi connectivity index (χ0v) is 7.27. The zero-order valence-electron chi connectivity index (χ0n) is 5.11. The van der Waals surface area contributed by atoms with E-state index >= 15 is 0 Å². The number of rotatable bonds is 1. The molecule has 0 saturated carbocycles. The molecule has 1 unspecified atom stereocenters. The molecule has 0 aromatic carbocycles. The number of hydrogen-bond acceptors (Lipinski definition) is 2. The summed E-state index contributed by atoms with van der Waals surface area (Å²) in [5.41, 5.74) is -0.127. The van der Waals surface area contributed by atoms with Crippen molar-refractivity contribution in [3.8, 4) is 0 Å². The number of cyclic esters (lactones) is 1. The third-order valence-corrected chi connectivity index (χ3v) is 2.90. The largest absolute Gasteiger partial charge is 0.447 e. The van der Waals surface area contributed by atoms with Gasteiger partial charge in [0.05, 0.1) is 5.54 Å². The zero-order chi connectivity index (χ0) is 6.91. The van der Waals surface area contributed by atoms with E-state index in [1.54, 1.807) is 0 Å². The van der Waals surface area contributed by atoms with Gasteiger partial charge in [-0.2, -0.15) is 0 Å². The summed E-state index contributed by atoms with van der Waals surface area (Å²) in [6.45, 7) is 2.46. The summed E-state index contributed by atoms with van der Waals surface area (Å²) in [6, 6.07) is 0. The van der Waals surface area contributed by atoms with Crippen molar-refractivity contribution < 1.29 is 9.53 Å². The molecule has 1 N–H and O–H groups in total. The minimum absolute atomic E-state index is 0.127. The van der Waals surface area contributed by atoms with Gasteiger partial charge in [-0.25, -0.2) is 4.79 Å². The molecule has 0 aromatic heterocycles. The summed E-state index contributed by atoms with van der Waals surface area (Å²) in [5, 5.41) is 2.71.